The molecule has 1 aliphatic carbocycles. The largest absolute Gasteiger partial charge is 0.316 e. The summed E-state index contributed by atoms with van der Waals surface area (Å²) in [6.07, 6.45) is 4.74. The van der Waals surface area contributed by atoms with E-state index < -0.39 is 0 Å². The maximum Gasteiger partial charge on any atom is 0.0438 e. The third-order valence-electron chi connectivity index (χ3n) is 4.67. The summed E-state index contributed by atoms with van der Waals surface area (Å²) in [6, 6.07) is 17.5. The Balaban J connectivity index is 1.86. The normalized spacial score (nSPS) is 19.0. The highest BCUT2D eigenvalue weighted by Gasteiger charge is 2.27. The fraction of sp³-hybridized carbons (Fsp3) is 0.368. The Morgan fingerprint density at radius 2 is 1.90 bits per heavy atom. The number of hydrogen-bond donors (Lipinski definition) is 1. The quantitative estimate of drug-likeness (QED) is 0.870. The molecule has 2 aromatic carbocycles. The zero-order valence-corrected chi connectivity index (χ0v) is 13.2. The number of halogens is 1. The van der Waals surface area contributed by atoms with Crippen LogP contribution in [0.2, 0.25) is 5.02 Å². The Morgan fingerprint density at radius 1 is 1.14 bits per heavy atom. The Morgan fingerprint density at radius 3 is 2.71 bits per heavy atom. The smallest absolute Gasteiger partial charge is 0.0438 e. The second-order valence-corrected chi connectivity index (χ2v) is 6.30. The average Bonchev–Trinajstić information content (AvgIpc) is 2.54. The molecule has 2 aromatic rings. The lowest BCUT2D eigenvalue weighted by atomic mass is 9.77. The van der Waals surface area contributed by atoms with Crippen molar-refractivity contribution in [2.75, 3.05) is 7.05 Å². The summed E-state index contributed by atoms with van der Waals surface area (Å²) in [6.45, 7) is 0. The molecule has 0 radical (unpaired) electrons. The first kappa shape index (κ1) is 14.6. The molecule has 1 aliphatic rings. The highest BCUT2D eigenvalue weighted by molar-refractivity contribution is 6.31. The number of nitrogens with one attached hydrogen (secondary N) is 1. The molecule has 0 amide bonds. The first-order valence-electron chi connectivity index (χ1n) is 7.78. The van der Waals surface area contributed by atoms with Crippen LogP contribution in [0.1, 0.15) is 35.4 Å². The topological polar surface area (TPSA) is 12.0 Å². The summed E-state index contributed by atoms with van der Waals surface area (Å²) in [5.74, 6) is 0.580. The van der Waals surface area contributed by atoms with Gasteiger partial charge in [-0.2, -0.15) is 0 Å². The maximum absolute atomic E-state index is 6.34. The summed E-state index contributed by atoms with van der Waals surface area (Å²) in [7, 11) is 2.07. The number of rotatable bonds is 4. The van der Waals surface area contributed by atoms with Crippen LogP contribution in [0.4, 0.5) is 0 Å². The first-order chi connectivity index (χ1) is 10.3. The Hall–Kier alpha value is -1.31. The fourth-order valence-corrected chi connectivity index (χ4v) is 3.77. The van der Waals surface area contributed by atoms with E-state index in [0.29, 0.717) is 12.0 Å². The van der Waals surface area contributed by atoms with Crippen molar-refractivity contribution in [3.63, 3.8) is 0 Å². The number of aryl methyl sites for hydroxylation is 1. The molecule has 2 heteroatoms. The number of fused-ring (bicyclic) bond motifs is 1. The molecule has 21 heavy (non-hydrogen) atoms. The van der Waals surface area contributed by atoms with Gasteiger partial charge in [0.2, 0.25) is 0 Å². The van der Waals surface area contributed by atoms with E-state index in [0.717, 1.165) is 11.4 Å². The van der Waals surface area contributed by atoms with Crippen molar-refractivity contribution in [2.45, 2.75) is 37.6 Å². The lowest BCUT2D eigenvalue weighted by Gasteiger charge is -2.32. The zero-order chi connectivity index (χ0) is 14.7. The Labute approximate surface area is 132 Å². The molecule has 1 N–H and O–H groups in total. The molecule has 0 aromatic heterocycles. The average molecular weight is 300 g/mol. The molecule has 2 atom stereocenters. The van der Waals surface area contributed by atoms with Gasteiger partial charge in [-0.25, -0.2) is 0 Å². The van der Waals surface area contributed by atoms with E-state index in [4.69, 9.17) is 11.6 Å². The zero-order valence-electron chi connectivity index (χ0n) is 12.5. The van der Waals surface area contributed by atoms with Gasteiger partial charge in [0, 0.05) is 11.1 Å². The van der Waals surface area contributed by atoms with Crippen molar-refractivity contribution in [1.82, 2.24) is 5.32 Å². The molecular formula is C19H22ClN. The highest BCUT2D eigenvalue weighted by Crippen LogP contribution is 2.35. The minimum absolute atomic E-state index is 0.436. The predicted molar refractivity (Wildman–Crippen MR) is 90.1 cm³/mol. The van der Waals surface area contributed by atoms with Crippen molar-refractivity contribution < 1.29 is 0 Å². The number of benzene rings is 2. The molecule has 110 valence electrons. The molecule has 0 saturated heterocycles. The molecule has 0 aliphatic heterocycles. The summed E-state index contributed by atoms with van der Waals surface area (Å²) < 4.78 is 0. The Bertz CT molecular complexity index is 608. The van der Waals surface area contributed by atoms with Gasteiger partial charge in [0.25, 0.3) is 0 Å². The predicted octanol–water partition coefficient (Wildman–Crippen LogP) is 4.59. The van der Waals surface area contributed by atoms with E-state index in [2.05, 4.69) is 48.8 Å². The van der Waals surface area contributed by atoms with E-state index in [1.165, 1.54) is 36.0 Å². The third kappa shape index (κ3) is 3.14. The summed E-state index contributed by atoms with van der Waals surface area (Å²) in [5.41, 5.74) is 4.28. The minimum atomic E-state index is 0.436. The van der Waals surface area contributed by atoms with Gasteiger partial charge in [-0.3, -0.25) is 0 Å². The van der Waals surface area contributed by atoms with Gasteiger partial charge >= 0.3 is 0 Å². The van der Waals surface area contributed by atoms with Gasteiger partial charge in [0.05, 0.1) is 0 Å². The fourth-order valence-electron chi connectivity index (χ4n) is 3.56. The molecule has 0 bridgehead atoms. The van der Waals surface area contributed by atoms with Gasteiger partial charge in [-0.1, -0.05) is 54.1 Å². The molecule has 3 rings (SSSR count). The second-order valence-electron chi connectivity index (χ2n) is 5.89. The van der Waals surface area contributed by atoms with Gasteiger partial charge < -0.3 is 5.32 Å². The highest BCUT2D eigenvalue weighted by atomic mass is 35.5. The van der Waals surface area contributed by atoms with Crippen molar-refractivity contribution in [2.24, 2.45) is 0 Å². The van der Waals surface area contributed by atoms with Gasteiger partial charge in [0.15, 0.2) is 0 Å². The van der Waals surface area contributed by atoms with Gasteiger partial charge in [-0.15, -0.1) is 0 Å². The van der Waals surface area contributed by atoms with Crippen molar-refractivity contribution >= 4 is 11.6 Å². The summed E-state index contributed by atoms with van der Waals surface area (Å²) in [5, 5.41) is 4.41. The van der Waals surface area contributed by atoms with Crippen LogP contribution in [0.3, 0.4) is 0 Å². The molecular weight excluding hydrogens is 278 g/mol. The molecule has 0 heterocycles. The van der Waals surface area contributed by atoms with Crippen LogP contribution in [0, 0.1) is 0 Å². The second kappa shape index (κ2) is 6.64. The van der Waals surface area contributed by atoms with Crippen LogP contribution in [0.25, 0.3) is 0 Å². The van der Waals surface area contributed by atoms with Crippen molar-refractivity contribution in [3.8, 4) is 0 Å². The molecule has 0 fully saturated rings. The van der Waals surface area contributed by atoms with E-state index >= 15 is 0 Å². The van der Waals surface area contributed by atoms with E-state index in [1.807, 2.05) is 12.1 Å². The first-order valence-corrected chi connectivity index (χ1v) is 8.16. The molecule has 1 nitrogen and oxygen atoms in total. The van der Waals surface area contributed by atoms with Crippen LogP contribution in [-0.4, -0.2) is 13.1 Å². The van der Waals surface area contributed by atoms with Crippen LogP contribution in [0.5, 0.6) is 0 Å². The maximum atomic E-state index is 6.34. The lowest BCUT2D eigenvalue weighted by Crippen LogP contribution is -2.36. The van der Waals surface area contributed by atoms with Crippen LogP contribution < -0.4 is 5.32 Å². The molecule has 2 unspecified atom stereocenters. The van der Waals surface area contributed by atoms with Crippen LogP contribution in [0.15, 0.2) is 48.5 Å². The van der Waals surface area contributed by atoms with Crippen molar-refractivity contribution in [3.05, 3.63) is 70.2 Å². The number of hydrogen-bond acceptors (Lipinski definition) is 1. The monoisotopic (exact) mass is 299 g/mol. The van der Waals surface area contributed by atoms with E-state index in [-0.39, 0.29) is 0 Å². The van der Waals surface area contributed by atoms with E-state index in [1.54, 1.807) is 0 Å². The molecule has 0 saturated carbocycles. The van der Waals surface area contributed by atoms with E-state index in [9.17, 15) is 0 Å². The molecule has 0 spiro atoms. The Kier molecular flexibility index (Phi) is 4.62. The minimum Gasteiger partial charge on any atom is -0.316 e. The van der Waals surface area contributed by atoms with Crippen LogP contribution >= 0.6 is 11.6 Å². The number of likely N-dealkylation sites (N-methyl/N-ethyl adjacent to an activating group) is 1. The van der Waals surface area contributed by atoms with Crippen LogP contribution in [-0.2, 0) is 12.8 Å². The van der Waals surface area contributed by atoms with Crippen molar-refractivity contribution in [1.29, 1.82) is 0 Å². The summed E-state index contributed by atoms with van der Waals surface area (Å²) >= 11 is 6.34. The SMILES string of the molecule is CNC(Cc1ccccc1Cl)C1CCCc2ccccc21. The third-order valence-corrected chi connectivity index (χ3v) is 5.04. The lowest BCUT2D eigenvalue weighted by molar-refractivity contribution is 0.411. The van der Waals surface area contributed by atoms with Gasteiger partial charge in [-0.05, 0) is 61.4 Å². The standard InChI is InChI=1S/C19H22ClN/c1-21-19(13-15-8-3-5-12-18(15)20)17-11-6-9-14-7-2-4-10-16(14)17/h2-5,7-8,10,12,17,19,21H,6,9,11,13H2,1H3. The van der Waals surface area contributed by atoms with Gasteiger partial charge in [0.1, 0.15) is 0 Å². The summed E-state index contributed by atoms with van der Waals surface area (Å²) in [4.78, 5) is 0.